The highest BCUT2D eigenvalue weighted by atomic mass is 16.5. The first-order chi connectivity index (χ1) is 6.19. The second-order valence-electron chi connectivity index (χ2n) is 4.08. The molecular formula is C11H21NO. The van der Waals surface area contributed by atoms with E-state index in [0.29, 0.717) is 0 Å². The minimum atomic E-state index is -0.0587. The smallest absolute Gasteiger partial charge is 0.0589 e. The van der Waals surface area contributed by atoms with Crippen LogP contribution in [-0.4, -0.2) is 37.7 Å². The molecule has 0 saturated heterocycles. The third kappa shape index (κ3) is 2.96. The highest BCUT2D eigenvalue weighted by Gasteiger charge is 2.30. The van der Waals surface area contributed by atoms with Crippen LogP contribution in [0.4, 0.5) is 0 Å². The van der Waals surface area contributed by atoms with Gasteiger partial charge in [-0.05, 0) is 26.8 Å². The minimum Gasteiger partial charge on any atom is -0.383 e. The van der Waals surface area contributed by atoms with Crippen LogP contribution in [-0.2, 0) is 4.74 Å². The molecule has 1 fully saturated rings. The van der Waals surface area contributed by atoms with Gasteiger partial charge in [0.05, 0.1) is 6.61 Å². The summed E-state index contributed by atoms with van der Waals surface area (Å²) in [4.78, 5) is 2.25. The van der Waals surface area contributed by atoms with E-state index in [4.69, 9.17) is 11.7 Å². The molecule has 1 rings (SSSR count). The standard InChI is InChI=1S/C11H21NO/c1-11(7-5-4-6-8-11)12(2)9-10-13-3/h1H,4-10H2,2-3H3. The number of ether oxygens (including phenoxy) is 1. The van der Waals surface area contributed by atoms with E-state index in [1.807, 2.05) is 0 Å². The van der Waals surface area contributed by atoms with Crippen LogP contribution in [0.15, 0.2) is 0 Å². The summed E-state index contributed by atoms with van der Waals surface area (Å²) >= 11 is 0. The normalized spacial score (nSPS) is 22.2. The van der Waals surface area contributed by atoms with Crippen molar-refractivity contribution >= 4 is 0 Å². The van der Waals surface area contributed by atoms with Crippen molar-refractivity contribution in [3.05, 3.63) is 6.92 Å². The van der Waals surface area contributed by atoms with Gasteiger partial charge in [0.2, 0.25) is 0 Å². The lowest BCUT2D eigenvalue weighted by Crippen LogP contribution is -2.46. The minimum absolute atomic E-state index is 0.0587. The summed E-state index contributed by atoms with van der Waals surface area (Å²) in [5, 5.41) is 0. The number of rotatable bonds is 4. The van der Waals surface area contributed by atoms with Crippen molar-refractivity contribution in [3.8, 4) is 0 Å². The largest absolute Gasteiger partial charge is 0.383 e. The third-order valence-electron chi connectivity index (χ3n) is 3.11. The van der Waals surface area contributed by atoms with Crippen LogP contribution in [0.25, 0.3) is 0 Å². The maximum Gasteiger partial charge on any atom is 0.0589 e. The lowest BCUT2D eigenvalue weighted by atomic mass is 9.82. The van der Waals surface area contributed by atoms with Crippen molar-refractivity contribution in [2.45, 2.75) is 37.6 Å². The van der Waals surface area contributed by atoms with E-state index in [-0.39, 0.29) is 5.54 Å². The van der Waals surface area contributed by atoms with Gasteiger partial charge in [0.15, 0.2) is 0 Å². The monoisotopic (exact) mass is 183 g/mol. The molecular weight excluding hydrogens is 162 g/mol. The highest BCUT2D eigenvalue weighted by Crippen LogP contribution is 2.31. The quantitative estimate of drug-likeness (QED) is 0.661. The van der Waals surface area contributed by atoms with Gasteiger partial charge in [-0.25, -0.2) is 0 Å². The van der Waals surface area contributed by atoms with Gasteiger partial charge in [-0.2, -0.15) is 0 Å². The molecule has 0 unspecified atom stereocenters. The van der Waals surface area contributed by atoms with Gasteiger partial charge < -0.3 is 4.74 Å². The molecule has 2 heteroatoms. The molecule has 1 aliphatic carbocycles. The van der Waals surface area contributed by atoms with Crippen LogP contribution in [0.2, 0.25) is 0 Å². The number of nitrogens with zero attached hydrogens (tertiary/aromatic N) is 1. The van der Waals surface area contributed by atoms with Crippen molar-refractivity contribution in [1.82, 2.24) is 4.90 Å². The van der Waals surface area contributed by atoms with Gasteiger partial charge in [-0.15, -0.1) is 0 Å². The molecule has 0 heterocycles. The predicted molar refractivity (Wildman–Crippen MR) is 54.6 cm³/mol. The molecule has 0 aromatic carbocycles. The fourth-order valence-corrected chi connectivity index (χ4v) is 2.00. The Kier molecular flexibility index (Phi) is 4.20. The summed E-state index contributed by atoms with van der Waals surface area (Å²) in [6.45, 7) is 8.02. The summed E-state index contributed by atoms with van der Waals surface area (Å²) < 4.78 is 5.05. The zero-order valence-electron chi connectivity index (χ0n) is 8.88. The molecule has 76 valence electrons. The van der Waals surface area contributed by atoms with E-state index in [1.54, 1.807) is 7.11 Å². The van der Waals surface area contributed by atoms with E-state index < -0.39 is 0 Å². The molecule has 0 aromatic heterocycles. The number of hydrogen-bond acceptors (Lipinski definition) is 2. The molecule has 0 atom stereocenters. The van der Waals surface area contributed by atoms with Crippen LogP contribution < -0.4 is 0 Å². The van der Waals surface area contributed by atoms with E-state index in [1.165, 1.54) is 19.3 Å². The topological polar surface area (TPSA) is 12.5 Å². The summed E-state index contributed by atoms with van der Waals surface area (Å²) in [5.41, 5.74) is -0.0587. The Morgan fingerprint density at radius 3 is 2.46 bits per heavy atom. The third-order valence-corrected chi connectivity index (χ3v) is 3.11. The van der Waals surface area contributed by atoms with Crippen LogP contribution in [0.5, 0.6) is 0 Å². The van der Waals surface area contributed by atoms with E-state index in [9.17, 15) is 0 Å². The molecule has 0 aromatic rings. The molecule has 2 radical (unpaired) electrons. The van der Waals surface area contributed by atoms with E-state index in [2.05, 4.69) is 11.9 Å². The van der Waals surface area contributed by atoms with E-state index >= 15 is 0 Å². The van der Waals surface area contributed by atoms with E-state index in [0.717, 1.165) is 26.0 Å². The number of hydrogen-bond donors (Lipinski definition) is 0. The predicted octanol–water partition coefficient (Wildman–Crippen LogP) is 1.98. The van der Waals surface area contributed by atoms with Gasteiger partial charge in [-0.1, -0.05) is 19.3 Å². The van der Waals surface area contributed by atoms with Gasteiger partial charge in [0.25, 0.3) is 0 Å². The first-order valence-corrected chi connectivity index (χ1v) is 5.18. The van der Waals surface area contributed by atoms with Crippen LogP contribution >= 0.6 is 0 Å². The Morgan fingerprint density at radius 1 is 1.31 bits per heavy atom. The Bertz CT molecular complexity index is 141. The molecule has 0 amide bonds. The summed E-state index contributed by atoms with van der Waals surface area (Å²) in [7, 11) is 3.84. The lowest BCUT2D eigenvalue weighted by Gasteiger charge is -2.41. The van der Waals surface area contributed by atoms with Gasteiger partial charge in [-0.3, -0.25) is 4.90 Å². The zero-order valence-corrected chi connectivity index (χ0v) is 8.88. The Hall–Kier alpha value is -0.0800. The lowest BCUT2D eigenvalue weighted by molar-refractivity contribution is 0.0802. The molecule has 0 bridgehead atoms. The molecule has 0 N–H and O–H groups in total. The van der Waals surface area contributed by atoms with Gasteiger partial charge >= 0.3 is 0 Å². The Balaban J connectivity index is 2.37. The second-order valence-corrected chi connectivity index (χ2v) is 4.08. The van der Waals surface area contributed by atoms with Crippen molar-refractivity contribution in [3.63, 3.8) is 0 Å². The molecule has 1 saturated carbocycles. The number of methoxy groups -OCH3 is 1. The summed E-state index contributed by atoms with van der Waals surface area (Å²) in [6, 6.07) is 0. The average Bonchev–Trinajstić information content (AvgIpc) is 2.15. The average molecular weight is 183 g/mol. The zero-order chi connectivity index (χ0) is 9.73. The maximum atomic E-state index is 6.31. The Labute approximate surface area is 82.3 Å². The fourth-order valence-electron chi connectivity index (χ4n) is 2.00. The summed E-state index contributed by atoms with van der Waals surface area (Å²) in [5.74, 6) is 0. The maximum absolute atomic E-state index is 6.31. The SMILES string of the molecule is [CH]C1(N(C)CCOC)CCCCC1. The van der Waals surface area contributed by atoms with Crippen molar-refractivity contribution < 1.29 is 4.74 Å². The van der Waals surface area contributed by atoms with Gasteiger partial charge in [0.1, 0.15) is 0 Å². The molecule has 0 spiro atoms. The van der Waals surface area contributed by atoms with Gasteiger partial charge in [0, 0.05) is 19.2 Å². The molecule has 1 aliphatic rings. The fraction of sp³-hybridized carbons (Fsp3) is 0.909. The summed E-state index contributed by atoms with van der Waals surface area (Å²) in [6.07, 6.45) is 6.15. The van der Waals surface area contributed by atoms with Crippen LogP contribution in [0.3, 0.4) is 0 Å². The second kappa shape index (κ2) is 4.97. The van der Waals surface area contributed by atoms with Crippen LogP contribution in [0, 0.1) is 6.92 Å². The van der Waals surface area contributed by atoms with Crippen molar-refractivity contribution in [1.29, 1.82) is 0 Å². The first kappa shape index (κ1) is 11.0. The highest BCUT2D eigenvalue weighted by molar-refractivity contribution is 4.93. The molecule has 13 heavy (non-hydrogen) atoms. The van der Waals surface area contributed by atoms with Crippen LogP contribution in [0.1, 0.15) is 32.1 Å². The Morgan fingerprint density at radius 2 is 1.92 bits per heavy atom. The number of likely N-dealkylation sites (N-methyl/N-ethyl adjacent to an activating group) is 1. The van der Waals surface area contributed by atoms with Crippen molar-refractivity contribution in [2.75, 3.05) is 27.3 Å². The first-order valence-electron chi connectivity index (χ1n) is 5.18. The molecule has 0 aliphatic heterocycles. The van der Waals surface area contributed by atoms with Crippen molar-refractivity contribution in [2.24, 2.45) is 0 Å². The molecule has 2 nitrogen and oxygen atoms in total.